The molecule has 3 atom stereocenters. The molecule has 0 aliphatic carbocycles. The molecule has 2 heterocycles. The molecule has 9 heteroatoms. The van der Waals surface area contributed by atoms with E-state index >= 15 is 0 Å². The number of amides is 1. The number of hydrogen-bond acceptors (Lipinski definition) is 7. The number of carbonyl (C=O) groups is 1. The summed E-state index contributed by atoms with van der Waals surface area (Å²) in [5.41, 5.74) is 12.8. The van der Waals surface area contributed by atoms with Crippen LogP contribution >= 0.6 is 0 Å². The zero-order chi connectivity index (χ0) is 43.0. The lowest BCUT2D eigenvalue weighted by atomic mass is 9.64. The van der Waals surface area contributed by atoms with E-state index in [-0.39, 0.29) is 11.8 Å². The summed E-state index contributed by atoms with van der Waals surface area (Å²) in [6, 6.07) is 42.7. The normalized spacial score (nSPS) is 17.7. The first-order chi connectivity index (χ1) is 30.4. The number of aliphatic hydroxyl groups excluding tert-OH is 1. The van der Waals surface area contributed by atoms with Gasteiger partial charge in [-0.1, -0.05) is 122 Å². The summed E-state index contributed by atoms with van der Waals surface area (Å²) in [5, 5.41) is 25.0. The maximum atomic E-state index is 14.1. The highest BCUT2D eigenvalue weighted by molar-refractivity contribution is 5.91. The van der Waals surface area contributed by atoms with Crippen molar-refractivity contribution in [2.24, 2.45) is 11.7 Å². The number of likely N-dealkylation sites (tertiary alicyclic amines) is 1. The van der Waals surface area contributed by atoms with Gasteiger partial charge in [0, 0.05) is 44.9 Å². The molecule has 2 aliphatic rings. The van der Waals surface area contributed by atoms with E-state index in [0.717, 1.165) is 125 Å². The zero-order valence-electron chi connectivity index (χ0n) is 36.3. The number of ether oxygens (including phenoxy) is 2. The van der Waals surface area contributed by atoms with Crippen LogP contribution in [0.2, 0.25) is 0 Å². The first-order valence-corrected chi connectivity index (χ1v) is 22.9. The summed E-state index contributed by atoms with van der Waals surface area (Å²) in [6.45, 7) is 6.41. The van der Waals surface area contributed by atoms with Gasteiger partial charge in [-0.25, -0.2) is 5.26 Å². The molecule has 328 valence electrons. The predicted molar refractivity (Wildman–Crippen MR) is 245 cm³/mol. The van der Waals surface area contributed by atoms with Crippen molar-refractivity contribution in [2.75, 3.05) is 52.5 Å². The van der Waals surface area contributed by atoms with Crippen molar-refractivity contribution in [3.8, 4) is 11.5 Å². The Hall–Kier alpha value is -5.03. The molecule has 0 saturated carbocycles. The molecule has 2 aliphatic heterocycles. The molecule has 0 radical (unpaired) electrons. The van der Waals surface area contributed by atoms with Crippen molar-refractivity contribution in [1.29, 1.82) is 0 Å². The largest absolute Gasteiger partial charge is 0.493 e. The van der Waals surface area contributed by atoms with Crippen LogP contribution in [-0.2, 0) is 40.8 Å². The first-order valence-electron chi connectivity index (χ1n) is 22.9. The number of aliphatic hydroxyl groups is 1. The van der Waals surface area contributed by atoms with Gasteiger partial charge in [-0.2, -0.15) is 0 Å². The molecule has 0 aromatic heterocycles. The van der Waals surface area contributed by atoms with Crippen LogP contribution in [0.3, 0.4) is 0 Å². The van der Waals surface area contributed by atoms with Gasteiger partial charge in [0.25, 0.3) is 0 Å². The fourth-order valence-electron chi connectivity index (χ4n) is 9.97. The number of aryl methyl sites for hydroxylation is 1. The highest BCUT2D eigenvalue weighted by Crippen LogP contribution is 2.46. The van der Waals surface area contributed by atoms with Crippen LogP contribution in [0, 0.1) is 5.92 Å². The van der Waals surface area contributed by atoms with E-state index in [1.165, 1.54) is 16.7 Å². The van der Waals surface area contributed by atoms with Gasteiger partial charge >= 0.3 is 0 Å². The summed E-state index contributed by atoms with van der Waals surface area (Å²) in [7, 11) is 0. The van der Waals surface area contributed by atoms with Crippen LogP contribution in [-0.4, -0.2) is 73.3 Å². The van der Waals surface area contributed by atoms with E-state index in [4.69, 9.17) is 20.1 Å². The average Bonchev–Trinajstić information content (AvgIpc) is 3.96. The van der Waals surface area contributed by atoms with Crippen LogP contribution in [0.4, 0.5) is 0 Å². The van der Waals surface area contributed by atoms with Crippen LogP contribution in [0.15, 0.2) is 127 Å². The number of fused-ring (bicyclic) bond motifs is 1. The van der Waals surface area contributed by atoms with Crippen LogP contribution in [0.5, 0.6) is 11.5 Å². The molecule has 62 heavy (non-hydrogen) atoms. The van der Waals surface area contributed by atoms with Crippen molar-refractivity contribution in [3.63, 3.8) is 0 Å². The monoisotopic (exact) mass is 840 g/mol. The average molecular weight is 841 g/mol. The number of carbonyl (C=O) groups excluding carboxylic acids is 1. The minimum atomic E-state index is -1.04. The highest BCUT2D eigenvalue weighted by atomic mass is 17.1. The third kappa shape index (κ3) is 11.3. The summed E-state index contributed by atoms with van der Waals surface area (Å²) in [5.74, 6) is 0.878. The fourth-order valence-corrected chi connectivity index (χ4v) is 9.97. The molecule has 7 rings (SSSR count). The minimum Gasteiger partial charge on any atom is -0.493 e. The van der Waals surface area contributed by atoms with Gasteiger partial charge in [-0.15, -0.1) is 0 Å². The van der Waals surface area contributed by atoms with E-state index in [2.05, 4.69) is 53.8 Å². The van der Waals surface area contributed by atoms with Gasteiger partial charge < -0.3 is 35.0 Å². The smallest absolute Gasteiger partial charge is 0.233 e. The van der Waals surface area contributed by atoms with Gasteiger partial charge in [0.15, 0.2) is 5.75 Å². The van der Waals surface area contributed by atoms with E-state index in [9.17, 15) is 15.2 Å². The summed E-state index contributed by atoms with van der Waals surface area (Å²) >= 11 is 0. The fraction of sp³-hybridized carbons (Fsp3) is 0.415. The van der Waals surface area contributed by atoms with Crippen molar-refractivity contribution >= 4 is 5.91 Å². The molecule has 1 saturated heterocycles. The Balaban J connectivity index is 0.985. The topological polar surface area (TPSA) is 123 Å². The molecule has 5 N–H and O–H groups in total. The summed E-state index contributed by atoms with van der Waals surface area (Å²) < 4.78 is 12.3. The Labute approximate surface area is 368 Å². The number of unbranched alkanes of at least 4 members (excludes halogenated alkanes) is 4. The number of hydrogen-bond donors (Lipinski definition) is 4. The van der Waals surface area contributed by atoms with E-state index in [0.29, 0.717) is 36.5 Å². The minimum absolute atomic E-state index is 0.0996. The second-order valence-corrected chi connectivity index (χ2v) is 17.5. The number of rotatable bonds is 25. The highest BCUT2D eigenvalue weighted by Gasteiger charge is 2.54. The molecule has 0 spiro atoms. The molecular formula is C53H66N3O6+. The Bertz CT molecular complexity index is 2090. The van der Waals surface area contributed by atoms with E-state index in [1.54, 1.807) is 6.07 Å². The second-order valence-electron chi connectivity index (χ2n) is 17.5. The van der Waals surface area contributed by atoms with Gasteiger partial charge in [0.05, 0.1) is 37.9 Å². The number of nitrogens with zero attached hydrogens (tertiary/aromatic N) is 1. The number of nitrogens with two attached hydrogens (primary N) is 1. The number of nitrogens with one attached hydrogen (secondary N) is 1. The standard InChI is InChI=1S/C53H65N3O6/c54-52(58)53(46-19-8-4-9-20-46,47-21-10-5-11-22-47)48-28-32-56(40-48,31-27-42-23-25-50-44(36-42)29-35-61-50)39-45-37-43(24-26-51(45)62-59)49(57)38-55-30-13-1-2-14-33-60-34-15-12-18-41-16-6-3-7-17-41/h3-11,16-17,19-26,36-37,48-49,55,57H,1-2,12-15,18,27-35,38-40H2,(H2-,54,58,59)/p+1/t48-,49?,56?/m1/s1. The van der Waals surface area contributed by atoms with Crippen LogP contribution < -0.4 is 20.7 Å². The Kier molecular flexibility index (Phi) is 16.2. The molecular weight excluding hydrogens is 775 g/mol. The lowest BCUT2D eigenvalue weighted by molar-refractivity contribution is -0.931. The number of primary amides is 1. The van der Waals surface area contributed by atoms with Gasteiger partial charge in [-0.3, -0.25) is 4.79 Å². The van der Waals surface area contributed by atoms with Crippen molar-refractivity contribution in [2.45, 2.75) is 82.3 Å². The third-order valence-corrected chi connectivity index (χ3v) is 13.3. The lowest BCUT2D eigenvalue weighted by Crippen LogP contribution is -2.52. The van der Waals surface area contributed by atoms with E-state index in [1.807, 2.05) is 72.8 Å². The SMILES string of the molecule is NC(=O)C(c1ccccc1)(c1ccccc1)[C@@H]1CC[N+](CCc2ccc3c(c2)CCO3)(Cc2cc(C(O)CNCCCCCCOCCCCc3ccccc3)ccc2OO)C1. The second kappa shape index (κ2) is 22.4. The molecule has 5 aromatic rings. The van der Waals surface area contributed by atoms with E-state index < -0.39 is 11.5 Å². The predicted octanol–water partition coefficient (Wildman–Crippen LogP) is 8.75. The molecule has 1 amide bonds. The molecule has 1 fully saturated rings. The van der Waals surface area contributed by atoms with Gasteiger partial charge in [0.1, 0.15) is 17.7 Å². The molecule has 2 unspecified atom stereocenters. The Morgan fingerprint density at radius 3 is 2.21 bits per heavy atom. The molecule has 9 nitrogen and oxygen atoms in total. The summed E-state index contributed by atoms with van der Waals surface area (Å²) in [6.07, 6.45) is 9.45. The Morgan fingerprint density at radius 2 is 1.50 bits per heavy atom. The van der Waals surface area contributed by atoms with Gasteiger partial charge in [-0.05, 0) is 90.2 Å². The van der Waals surface area contributed by atoms with Crippen LogP contribution in [0.1, 0.15) is 90.0 Å². The first kappa shape index (κ1) is 45.0. The van der Waals surface area contributed by atoms with Crippen LogP contribution in [0.25, 0.3) is 0 Å². The maximum Gasteiger partial charge on any atom is 0.233 e. The van der Waals surface area contributed by atoms with Crippen molar-refractivity contribution in [1.82, 2.24) is 5.32 Å². The zero-order valence-corrected chi connectivity index (χ0v) is 36.3. The van der Waals surface area contributed by atoms with Gasteiger partial charge in [0.2, 0.25) is 5.91 Å². The van der Waals surface area contributed by atoms with Crippen molar-refractivity contribution in [3.05, 3.63) is 166 Å². The van der Waals surface area contributed by atoms with Crippen molar-refractivity contribution < 1.29 is 34.0 Å². The third-order valence-electron chi connectivity index (χ3n) is 13.3. The number of quaternary nitrogens is 1. The quantitative estimate of drug-likeness (QED) is 0.0201. The molecule has 0 bridgehead atoms. The Morgan fingerprint density at radius 1 is 0.806 bits per heavy atom. The maximum absolute atomic E-state index is 14.1. The number of benzene rings is 5. The molecule has 5 aromatic carbocycles. The summed E-state index contributed by atoms with van der Waals surface area (Å²) in [4.78, 5) is 19.1. The lowest BCUT2D eigenvalue weighted by Gasteiger charge is -2.40.